The molecule has 1 amide bonds. The zero-order valence-electron chi connectivity index (χ0n) is 13.3. The molecule has 2 N–H and O–H groups in total. The van der Waals surface area contributed by atoms with Crippen molar-refractivity contribution >= 4 is 23.3 Å². The third-order valence-electron chi connectivity index (χ3n) is 3.43. The molecule has 0 atom stereocenters. The number of rotatable bonds is 6. The number of benzene rings is 2. The van der Waals surface area contributed by atoms with Crippen LogP contribution in [-0.4, -0.2) is 25.5 Å². The van der Waals surface area contributed by atoms with Crippen LogP contribution in [0.15, 0.2) is 48.5 Å². The highest BCUT2D eigenvalue weighted by Gasteiger charge is 2.07. The monoisotopic (exact) mass is 312 g/mol. The molecule has 0 radical (unpaired) electrons. The maximum atomic E-state index is 12.0. The molecule has 120 valence electrons. The summed E-state index contributed by atoms with van der Waals surface area (Å²) in [5.41, 5.74) is 3.21. The Kier molecular flexibility index (Phi) is 5.74. The number of ether oxygens (including phenoxy) is 1. The van der Waals surface area contributed by atoms with E-state index in [0.29, 0.717) is 11.3 Å². The molecule has 0 aliphatic heterocycles. The standard InChI is InChI=1S/C18H20N2O3/c1-3-13-6-4-5-7-16(13)19-12-17(21)20-15-10-8-14(9-11-15)18(22)23-2/h4-11,19H,3,12H2,1-2H3,(H,20,21). The Bertz CT molecular complexity index is 681. The number of nitrogens with one attached hydrogen (secondary N) is 2. The highest BCUT2D eigenvalue weighted by molar-refractivity contribution is 5.95. The summed E-state index contributed by atoms with van der Waals surface area (Å²) in [4.78, 5) is 23.3. The van der Waals surface area contributed by atoms with Crippen molar-refractivity contribution < 1.29 is 14.3 Å². The lowest BCUT2D eigenvalue weighted by molar-refractivity contribution is -0.114. The van der Waals surface area contributed by atoms with Crippen LogP contribution in [0.4, 0.5) is 11.4 Å². The van der Waals surface area contributed by atoms with Crippen molar-refractivity contribution in [1.82, 2.24) is 0 Å². The zero-order chi connectivity index (χ0) is 16.7. The summed E-state index contributed by atoms with van der Waals surface area (Å²) in [5, 5.41) is 5.92. The van der Waals surface area contributed by atoms with Gasteiger partial charge >= 0.3 is 5.97 Å². The van der Waals surface area contributed by atoms with Crippen molar-refractivity contribution in [3.05, 3.63) is 59.7 Å². The highest BCUT2D eigenvalue weighted by Crippen LogP contribution is 2.15. The topological polar surface area (TPSA) is 67.4 Å². The first-order chi connectivity index (χ1) is 11.1. The number of hydrogen-bond donors (Lipinski definition) is 2. The Hall–Kier alpha value is -2.82. The van der Waals surface area contributed by atoms with Crippen molar-refractivity contribution in [1.29, 1.82) is 0 Å². The van der Waals surface area contributed by atoms with Crippen LogP contribution in [0.2, 0.25) is 0 Å². The van der Waals surface area contributed by atoms with Gasteiger partial charge in [-0.2, -0.15) is 0 Å². The minimum absolute atomic E-state index is 0.151. The van der Waals surface area contributed by atoms with E-state index in [2.05, 4.69) is 22.3 Å². The zero-order valence-corrected chi connectivity index (χ0v) is 13.3. The first-order valence-electron chi connectivity index (χ1n) is 7.44. The van der Waals surface area contributed by atoms with E-state index in [4.69, 9.17) is 0 Å². The van der Waals surface area contributed by atoms with Gasteiger partial charge in [-0.25, -0.2) is 4.79 Å². The highest BCUT2D eigenvalue weighted by atomic mass is 16.5. The fourth-order valence-corrected chi connectivity index (χ4v) is 2.19. The molecular formula is C18H20N2O3. The number of para-hydroxylation sites is 1. The molecule has 0 saturated heterocycles. The molecule has 0 fully saturated rings. The predicted octanol–water partition coefficient (Wildman–Crippen LogP) is 3.09. The van der Waals surface area contributed by atoms with Gasteiger partial charge in [0.05, 0.1) is 19.2 Å². The van der Waals surface area contributed by atoms with Crippen LogP contribution < -0.4 is 10.6 Å². The van der Waals surface area contributed by atoms with E-state index in [9.17, 15) is 9.59 Å². The van der Waals surface area contributed by atoms with Crippen molar-refractivity contribution in [2.45, 2.75) is 13.3 Å². The smallest absolute Gasteiger partial charge is 0.337 e. The molecule has 0 saturated carbocycles. The quantitative estimate of drug-likeness (QED) is 0.804. The van der Waals surface area contributed by atoms with Crippen molar-refractivity contribution in [2.75, 3.05) is 24.3 Å². The molecule has 0 aliphatic carbocycles. The van der Waals surface area contributed by atoms with Crippen molar-refractivity contribution in [2.24, 2.45) is 0 Å². The van der Waals surface area contributed by atoms with Crippen LogP contribution in [0.25, 0.3) is 0 Å². The average molecular weight is 312 g/mol. The Balaban J connectivity index is 1.91. The summed E-state index contributed by atoms with van der Waals surface area (Å²) in [6, 6.07) is 14.5. The summed E-state index contributed by atoms with van der Waals surface area (Å²) in [6.07, 6.45) is 0.903. The van der Waals surface area contributed by atoms with E-state index in [1.807, 2.05) is 24.3 Å². The van der Waals surface area contributed by atoms with Gasteiger partial charge in [-0.3, -0.25) is 4.79 Å². The summed E-state index contributed by atoms with van der Waals surface area (Å²) in [7, 11) is 1.33. The number of hydrogen-bond acceptors (Lipinski definition) is 4. The van der Waals surface area contributed by atoms with Crippen LogP contribution in [-0.2, 0) is 16.0 Å². The summed E-state index contributed by atoms with van der Waals surface area (Å²) < 4.78 is 4.63. The maximum Gasteiger partial charge on any atom is 0.337 e. The molecule has 0 bridgehead atoms. The first-order valence-corrected chi connectivity index (χ1v) is 7.44. The third kappa shape index (κ3) is 4.57. The van der Waals surface area contributed by atoms with E-state index in [1.54, 1.807) is 24.3 Å². The van der Waals surface area contributed by atoms with Gasteiger partial charge in [0, 0.05) is 11.4 Å². The van der Waals surface area contributed by atoms with E-state index >= 15 is 0 Å². The maximum absolute atomic E-state index is 12.0. The molecule has 0 heterocycles. The second-order valence-electron chi connectivity index (χ2n) is 4.98. The lowest BCUT2D eigenvalue weighted by Crippen LogP contribution is -2.22. The molecule has 5 nitrogen and oxygen atoms in total. The van der Waals surface area contributed by atoms with Gasteiger partial charge in [-0.15, -0.1) is 0 Å². The van der Waals surface area contributed by atoms with Crippen molar-refractivity contribution in [3.63, 3.8) is 0 Å². The molecule has 2 rings (SSSR count). The minimum Gasteiger partial charge on any atom is -0.465 e. The number of amides is 1. The Morgan fingerprint density at radius 2 is 1.74 bits per heavy atom. The average Bonchev–Trinajstić information content (AvgIpc) is 2.60. The predicted molar refractivity (Wildman–Crippen MR) is 90.7 cm³/mol. The first kappa shape index (κ1) is 16.5. The van der Waals surface area contributed by atoms with Crippen molar-refractivity contribution in [3.8, 4) is 0 Å². The Labute approximate surface area is 135 Å². The van der Waals surface area contributed by atoms with Crippen LogP contribution in [0, 0.1) is 0 Å². The summed E-state index contributed by atoms with van der Waals surface area (Å²) in [6.45, 7) is 2.25. The largest absolute Gasteiger partial charge is 0.465 e. The number of esters is 1. The van der Waals surface area contributed by atoms with Gasteiger partial charge in [0.2, 0.25) is 5.91 Å². The van der Waals surface area contributed by atoms with Gasteiger partial charge in [0.1, 0.15) is 0 Å². The number of carbonyl (C=O) groups is 2. The lowest BCUT2D eigenvalue weighted by atomic mass is 10.1. The normalized spacial score (nSPS) is 10.0. The SMILES string of the molecule is CCc1ccccc1NCC(=O)Nc1ccc(C(=O)OC)cc1. The number of methoxy groups -OCH3 is 1. The molecule has 2 aromatic carbocycles. The Morgan fingerprint density at radius 1 is 1.04 bits per heavy atom. The Morgan fingerprint density at radius 3 is 2.39 bits per heavy atom. The summed E-state index contributed by atoms with van der Waals surface area (Å²) >= 11 is 0. The molecule has 2 aromatic rings. The van der Waals surface area contributed by atoms with Gasteiger partial charge in [0.15, 0.2) is 0 Å². The van der Waals surface area contributed by atoms with E-state index < -0.39 is 5.97 Å². The van der Waals surface area contributed by atoms with Crippen LogP contribution in [0.3, 0.4) is 0 Å². The molecular weight excluding hydrogens is 292 g/mol. The lowest BCUT2D eigenvalue weighted by Gasteiger charge is -2.11. The molecule has 0 aromatic heterocycles. The number of aryl methyl sites for hydroxylation is 1. The van der Waals surface area contributed by atoms with Gasteiger partial charge in [-0.1, -0.05) is 25.1 Å². The third-order valence-corrected chi connectivity index (χ3v) is 3.43. The number of anilines is 2. The number of carbonyl (C=O) groups excluding carboxylic acids is 2. The molecule has 23 heavy (non-hydrogen) atoms. The van der Waals surface area contributed by atoms with Crippen LogP contribution in [0.1, 0.15) is 22.8 Å². The summed E-state index contributed by atoms with van der Waals surface area (Å²) in [5.74, 6) is -0.553. The fraction of sp³-hybridized carbons (Fsp3) is 0.222. The minimum atomic E-state index is -0.402. The van der Waals surface area contributed by atoms with E-state index in [1.165, 1.54) is 12.7 Å². The van der Waals surface area contributed by atoms with Crippen LogP contribution in [0.5, 0.6) is 0 Å². The van der Waals surface area contributed by atoms with E-state index in [0.717, 1.165) is 12.1 Å². The van der Waals surface area contributed by atoms with Gasteiger partial charge < -0.3 is 15.4 Å². The molecule has 5 heteroatoms. The second kappa shape index (κ2) is 7.98. The fourth-order valence-electron chi connectivity index (χ4n) is 2.19. The second-order valence-corrected chi connectivity index (χ2v) is 4.98. The van der Waals surface area contributed by atoms with Gasteiger partial charge in [-0.05, 0) is 42.3 Å². The molecule has 0 spiro atoms. The van der Waals surface area contributed by atoms with Crippen LogP contribution >= 0.6 is 0 Å². The molecule has 0 unspecified atom stereocenters. The molecule has 0 aliphatic rings. The van der Waals surface area contributed by atoms with E-state index in [-0.39, 0.29) is 12.5 Å². The van der Waals surface area contributed by atoms with Gasteiger partial charge in [0.25, 0.3) is 0 Å².